The maximum atomic E-state index is 13.5. The maximum Gasteiger partial charge on any atom is 0.502 e. The predicted octanol–water partition coefficient (Wildman–Crippen LogP) is 3.96. The molecule has 142 valence electrons. The van der Waals surface area contributed by atoms with Gasteiger partial charge in [0.1, 0.15) is 5.82 Å². The zero-order valence-electron chi connectivity index (χ0n) is 14.0. The highest BCUT2D eigenvalue weighted by Crippen LogP contribution is 2.43. The Hall–Kier alpha value is -3.07. The molecule has 27 heavy (non-hydrogen) atoms. The van der Waals surface area contributed by atoms with Crippen molar-refractivity contribution in [2.75, 3.05) is 14.2 Å². The van der Waals surface area contributed by atoms with E-state index in [1.807, 2.05) is 0 Å². The average molecular weight is 399 g/mol. The van der Waals surface area contributed by atoms with Crippen LogP contribution in [0.4, 0.5) is 8.78 Å². The van der Waals surface area contributed by atoms with E-state index in [1.165, 1.54) is 26.4 Å². The van der Waals surface area contributed by atoms with E-state index in [2.05, 4.69) is 14.7 Å². The van der Waals surface area contributed by atoms with Crippen LogP contribution in [0.25, 0.3) is 22.4 Å². The fourth-order valence-corrected chi connectivity index (χ4v) is 2.58. The van der Waals surface area contributed by atoms with Crippen molar-refractivity contribution in [3.8, 4) is 28.6 Å². The molecular formula is C17H13ClF2N2O5. The number of hydrogen-bond donors (Lipinski definition) is 2. The molecule has 0 spiro atoms. The topological polar surface area (TPSA) is 93.7 Å². The van der Waals surface area contributed by atoms with Gasteiger partial charge in [-0.25, -0.2) is 9.78 Å². The first-order chi connectivity index (χ1) is 12.7. The van der Waals surface area contributed by atoms with E-state index in [-0.39, 0.29) is 11.5 Å². The van der Waals surface area contributed by atoms with Gasteiger partial charge in [0.2, 0.25) is 5.75 Å². The second kappa shape index (κ2) is 6.92. The minimum Gasteiger partial charge on any atom is -0.493 e. The molecule has 0 saturated carbocycles. The first-order valence-electron chi connectivity index (χ1n) is 7.47. The number of carboxylic acids is 1. The number of ether oxygens (including phenoxy) is 3. The summed E-state index contributed by atoms with van der Waals surface area (Å²) >= 11 is 5.95. The molecule has 7 nitrogen and oxygen atoms in total. The van der Waals surface area contributed by atoms with Crippen LogP contribution in [-0.2, 0) is 4.79 Å². The molecule has 3 aromatic rings. The molecule has 1 heterocycles. The molecule has 0 amide bonds. The van der Waals surface area contributed by atoms with Gasteiger partial charge in [-0.15, -0.1) is 0 Å². The lowest BCUT2D eigenvalue weighted by molar-refractivity contribution is -0.211. The number of aromatic nitrogens is 2. The van der Waals surface area contributed by atoms with Gasteiger partial charge < -0.3 is 24.3 Å². The normalized spacial score (nSPS) is 11.4. The number of methoxy groups -OCH3 is 2. The van der Waals surface area contributed by atoms with Crippen molar-refractivity contribution in [1.29, 1.82) is 0 Å². The van der Waals surface area contributed by atoms with Gasteiger partial charge >= 0.3 is 12.1 Å². The number of imidazole rings is 1. The van der Waals surface area contributed by atoms with Crippen LogP contribution < -0.4 is 14.2 Å². The number of aromatic amines is 1. The summed E-state index contributed by atoms with van der Waals surface area (Å²) in [7, 11) is 2.45. The first kappa shape index (κ1) is 18.7. The molecule has 0 aliphatic rings. The summed E-state index contributed by atoms with van der Waals surface area (Å²) in [5, 5.41) is 9.10. The highest BCUT2D eigenvalue weighted by molar-refractivity contribution is 6.31. The fraction of sp³-hybridized carbons (Fsp3) is 0.176. The van der Waals surface area contributed by atoms with Crippen LogP contribution in [0.5, 0.6) is 17.2 Å². The molecule has 10 heteroatoms. The smallest absolute Gasteiger partial charge is 0.493 e. The fourth-order valence-electron chi connectivity index (χ4n) is 2.41. The summed E-state index contributed by atoms with van der Waals surface area (Å²) in [6, 6.07) is 7.83. The van der Waals surface area contributed by atoms with E-state index >= 15 is 0 Å². The van der Waals surface area contributed by atoms with E-state index in [1.54, 1.807) is 18.2 Å². The van der Waals surface area contributed by atoms with Crippen LogP contribution in [-0.4, -0.2) is 41.4 Å². The highest BCUT2D eigenvalue weighted by Gasteiger charge is 2.44. The molecule has 0 atom stereocenters. The molecule has 0 saturated heterocycles. The maximum absolute atomic E-state index is 13.5. The monoisotopic (exact) mass is 398 g/mol. The summed E-state index contributed by atoms with van der Waals surface area (Å²) in [6.45, 7) is 0. The summed E-state index contributed by atoms with van der Waals surface area (Å²) < 4.78 is 41.5. The Kier molecular flexibility index (Phi) is 4.79. The lowest BCUT2D eigenvalue weighted by atomic mass is 10.1. The van der Waals surface area contributed by atoms with E-state index in [9.17, 15) is 13.6 Å². The number of alkyl halides is 2. The van der Waals surface area contributed by atoms with Crippen LogP contribution in [0.15, 0.2) is 30.3 Å². The number of aliphatic carboxylic acids is 1. The number of H-pyrrole nitrogens is 1. The SMILES string of the molecule is COc1cc(-c2nc3ccc(Cl)cc3[nH]2)cc(OC)c1OC(F)(F)C(=O)O. The molecule has 3 rings (SSSR count). The van der Waals surface area contributed by atoms with Crippen molar-refractivity contribution < 1.29 is 32.9 Å². The first-order valence-corrected chi connectivity index (χ1v) is 7.85. The Bertz CT molecular complexity index is 997. The molecule has 0 aliphatic heterocycles. The zero-order valence-corrected chi connectivity index (χ0v) is 14.8. The summed E-state index contributed by atoms with van der Waals surface area (Å²) in [6.07, 6.45) is -4.46. The van der Waals surface area contributed by atoms with Crippen molar-refractivity contribution >= 4 is 28.6 Å². The van der Waals surface area contributed by atoms with Gasteiger partial charge in [-0.05, 0) is 30.3 Å². The van der Waals surface area contributed by atoms with Gasteiger partial charge in [0, 0.05) is 10.6 Å². The van der Waals surface area contributed by atoms with Gasteiger partial charge in [-0.1, -0.05) is 11.6 Å². The minimum atomic E-state index is -4.46. The number of fused-ring (bicyclic) bond motifs is 1. The number of rotatable bonds is 6. The van der Waals surface area contributed by atoms with Crippen molar-refractivity contribution in [2.24, 2.45) is 0 Å². The summed E-state index contributed by atoms with van der Waals surface area (Å²) in [5.74, 6) is -2.88. The second-order valence-corrected chi connectivity index (χ2v) is 5.82. The van der Waals surface area contributed by atoms with E-state index in [0.717, 1.165) is 0 Å². The number of carboxylic acid groups (broad SMARTS) is 1. The number of hydrogen-bond acceptors (Lipinski definition) is 5. The van der Waals surface area contributed by atoms with Gasteiger partial charge in [0.25, 0.3) is 0 Å². The van der Waals surface area contributed by atoms with Gasteiger partial charge in [0.15, 0.2) is 11.5 Å². The van der Waals surface area contributed by atoms with Gasteiger partial charge in [-0.2, -0.15) is 8.78 Å². The van der Waals surface area contributed by atoms with Crippen LogP contribution in [0.3, 0.4) is 0 Å². The Morgan fingerprint density at radius 3 is 2.37 bits per heavy atom. The Balaban J connectivity index is 2.11. The number of nitrogens with one attached hydrogen (secondary N) is 1. The molecule has 2 N–H and O–H groups in total. The predicted molar refractivity (Wildman–Crippen MR) is 92.9 cm³/mol. The Labute approximate surface area is 156 Å². The van der Waals surface area contributed by atoms with Crippen LogP contribution in [0.1, 0.15) is 0 Å². The van der Waals surface area contributed by atoms with E-state index in [0.29, 0.717) is 27.4 Å². The molecule has 0 unspecified atom stereocenters. The van der Waals surface area contributed by atoms with Crippen molar-refractivity contribution in [3.63, 3.8) is 0 Å². The standard InChI is InChI=1S/C17H13ClF2N2O5/c1-25-12-5-8(15-21-10-4-3-9(18)7-11(10)22-15)6-13(26-2)14(12)27-17(19,20)16(23)24/h3-7H,1-2H3,(H,21,22)(H,23,24). The van der Waals surface area contributed by atoms with Crippen molar-refractivity contribution in [1.82, 2.24) is 9.97 Å². The molecule has 0 bridgehead atoms. The summed E-state index contributed by atoms with van der Waals surface area (Å²) in [5.41, 5.74) is 1.76. The number of nitrogens with zero attached hydrogens (tertiary/aromatic N) is 1. The Morgan fingerprint density at radius 2 is 1.81 bits per heavy atom. The average Bonchev–Trinajstić information content (AvgIpc) is 3.04. The molecular weight excluding hydrogens is 386 g/mol. The van der Waals surface area contributed by atoms with Crippen molar-refractivity contribution in [3.05, 3.63) is 35.4 Å². The lowest BCUT2D eigenvalue weighted by Crippen LogP contribution is -2.35. The minimum absolute atomic E-state index is 0.149. The third kappa shape index (κ3) is 3.59. The Morgan fingerprint density at radius 1 is 1.19 bits per heavy atom. The molecule has 2 aromatic carbocycles. The zero-order chi connectivity index (χ0) is 19.8. The largest absolute Gasteiger partial charge is 0.502 e. The lowest BCUT2D eigenvalue weighted by Gasteiger charge is -2.18. The molecule has 0 radical (unpaired) electrons. The van der Waals surface area contributed by atoms with E-state index in [4.69, 9.17) is 26.2 Å². The van der Waals surface area contributed by atoms with Crippen molar-refractivity contribution in [2.45, 2.75) is 6.11 Å². The quantitative estimate of drug-likeness (QED) is 0.653. The number of benzene rings is 2. The van der Waals surface area contributed by atoms with Crippen LogP contribution in [0.2, 0.25) is 5.02 Å². The van der Waals surface area contributed by atoms with Gasteiger partial charge in [-0.3, -0.25) is 0 Å². The molecule has 0 fully saturated rings. The number of halogens is 3. The van der Waals surface area contributed by atoms with Crippen LogP contribution >= 0.6 is 11.6 Å². The van der Waals surface area contributed by atoms with Crippen LogP contribution in [0, 0.1) is 0 Å². The third-order valence-corrected chi connectivity index (χ3v) is 3.89. The third-order valence-electron chi connectivity index (χ3n) is 3.66. The summed E-state index contributed by atoms with van der Waals surface area (Å²) in [4.78, 5) is 18.1. The molecule has 1 aromatic heterocycles. The van der Waals surface area contributed by atoms with E-state index < -0.39 is 17.8 Å². The molecule has 0 aliphatic carbocycles. The van der Waals surface area contributed by atoms with Gasteiger partial charge in [0.05, 0.1) is 25.3 Å². The number of carbonyl (C=O) groups is 1. The highest BCUT2D eigenvalue weighted by atomic mass is 35.5. The second-order valence-electron chi connectivity index (χ2n) is 5.38.